The Hall–Kier alpha value is -6.04. The van der Waals surface area contributed by atoms with Crippen molar-refractivity contribution in [3.05, 3.63) is 72.3 Å². The highest BCUT2D eigenvalue weighted by atomic mass is 19.4. The molecule has 38 heteroatoms. The minimum Gasteiger partial charge on any atom is -0.334 e. The van der Waals surface area contributed by atoms with Crippen molar-refractivity contribution in [2.45, 2.75) is 183 Å². The summed E-state index contributed by atoms with van der Waals surface area (Å²) < 4.78 is 496. The van der Waals surface area contributed by atoms with E-state index in [2.05, 4.69) is 9.97 Å². The van der Waals surface area contributed by atoms with E-state index < -0.39 is 140 Å². The zero-order valence-electron chi connectivity index (χ0n) is 47.4. The topological polar surface area (TPSA) is 35.6 Å². The van der Waals surface area contributed by atoms with Gasteiger partial charge < -0.3 is 9.13 Å². The molecule has 530 valence electrons. The van der Waals surface area contributed by atoms with Crippen LogP contribution in [0.15, 0.2) is 60.9 Å². The summed E-state index contributed by atoms with van der Waals surface area (Å²) in [6, 6.07) is 7.38. The van der Waals surface area contributed by atoms with Crippen LogP contribution in [0.2, 0.25) is 0 Å². The Labute approximate surface area is 513 Å². The highest BCUT2D eigenvalue weighted by molar-refractivity contribution is 6.11. The number of nitrogens with zero attached hydrogens (tertiary/aromatic N) is 4. The Morgan fingerprint density at radius 2 is 0.500 bits per heavy atom. The van der Waals surface area contributed by atoms with Crippen LogP contribution in [0, 0.1) is 35.5 Å². The van der Waals surface area contributed by atoms with E-state index in [4.69, 9.17) is 0 Å². The maximum absolute atomic E-state index is 16.2. The van der Waals surface area contributed by atoms with Gasteiger partial charge in [0.25, 0.3) is 0 Å². The van der Waals surface area contributed by atoms with Gasteiger partial charge in [-0.3, -0.25) is 9.97 Å². The maximum atomic E-state index is 16.2. The third-order valence-electron chi connectivity index (χ3n) is 20.7. The first-order chi connectivity index (χ1) is 43.3. The number of rotatable bonds is 17. The quantitative estimate of drug-likeness (QED) is 0.0853. The van der Waals surface area contributed by atoms with Gasteiger partial charge in [-0.15, -0.1) is 0 Å². The molecule has 0 atom stereocenters. The number of halogens is 34. The van der Waals surface area contributed by atoms with Crippen LogP contribution >= 0.6 is 0 Å². The van der Waals surface area contributed by atoms with Gasteiger partial charge in [0.1, 0.15) is 11.4 Å². The van der Waals surface area contributed by atoms with E-state index in [9.17, 15) is 96.6 Å². The van der Waals surface area contributed by atoms with Crippen LogP contribution < -0.4 is 0 Å². The zero-order valence-corrected chi connectivity index (χ0v) is 47.4. The SMILES string of the molecule is FC(F)(F)C(F)(F)C(F)(F)C(F)(F)C(F)(F)C(F)(F)C(F)(F)C(F)(F)c1cc2c(cn1)c1cc(-c3ccc4c(c3)c3cnc(C(F)(F)C(F)(F)C(F)(F)C(F)(F)C(F)(F)C(F)(F)C(F)(F)C(F)(F)F)cc3n4C34CC5CC(CC(C5)C3)C4)ccc1n2C12CC3CC(CC(C3)C1)C2. The van der Waals surface area contributed by atoms with Crippen molar-refractivity contribution in [2.24, 2.45) is 35.5 Å². The molecule has 0 N–H and O–H groups in total. The van der Waals surface area contributed by atoms with Gasteiger partial charge in [-0.1, -0.05) is 12.1 Å². The molecule has 0 amide bonds. The summed E-state index contributed by atoms with van der Waals surface area (Å²) in [6.45, 7) is 0. The van der Waals surface area contributed by atoms with Crippen LogP contribution in [-0.2, 0) is 22.9 Å². The van der Waals surface area contributed by atoms with E-state index in [0.29, 0.717) is 38.5 Å². The summed E-state index contributed by atoms with van der Waals surface area (Å²) in [5.74, 6) is -118. The van der Waals surface area contributed by atoms with Crippen molar-refractivity contribution in [1.82, 2.24) is 19.1 Å². The lowest BCUT2D eigenvalue weighted by atomic mass is 9.53. The van der Waals surface area contributed by atoms with Gasteiger partial charge >= 0.3 is 95.3 Å². The molecule has 0 radical (unpaired) electrons. The third-order valence-corrected chi connectivity index (χ3v) is 20.7. The van der Waals surface area contributed by atoms with Crippen LogP contribution in [0.1, 0.15) is 88.4 Å². The maximum Gasteiger partial charge on any atom is 0.460 e. The third kappa shape index (κ3) is 8.61. The second kappa shape index (κ2) is 19.9. The van der Waals surface area contributed by atoms with Gasteiger partial charge in [-0.25, -0.2) is 0 Å². The summed E-state index contributed by atoms with van der Waals surface area (Å²) in [7, 11) is 0. The predicted molar refractivity (Wildman–Crippen MR) is 265 cm³/mol. The molecule has 0 unspecified atom stereocenters. The van der Waals surface area contributed by atoms with E-state index >= 15 is 52.7 Å². The summed E-state index contributed by atoms with van der Waals surface area (Å²) in [5.41, 5.74) is -9.26. The zero-order chi connectivity index (χ0) is 71.5. The van der Waals surface area contributed by atoms with Crippen molar-refractivity contribution in [1.29, 1.82) is 0 Å². The molecule has 0 saturated heterocycles. The molecule has 8 aliphatic rings. The molecule has 2 aromatic carbocycles. The van der Waals surface area contributed by atoms with Crippen molar-refractivity contribution < 1.29 is 149 Å². The molecule has 0 spiro atoms. The van der Waals surface area contributed by atoms with Gasteiger partial charge in [0, 0.05) is 56.0 Å². The Bertz CT molecular complexity index is 3800. The van der Waals surface area contributed by atoms with Gasteiger partial charge in [0.05, 0.1) is 11.0 Å². The van der Waals surface area contributed by atoms with E-state index in [1.54, 1.807) is 0 Å². The van der Waals surface area contributed by atoms with Crippen molar-refractivity contribution in [3.8, 4) is 11.1 Å². The van der Waals surface area contributed by atoms with Crippen molar-refractivity contribution in [3.63, 3.8) is 0 Å². The Balaban J connectivity index is 0.987. The van der Waals surface area contributed by atoms with E-state index in [1.807, 2.05) is 0 Å². The standard InChI is InChI=1S/C58H40F34N4/c59-43(60,45(63,64)47(67,68)49(71,72)51(75,76)53(79,80)55(83,84)57(87,88)89)39-13-37-33(21-93-39)31-11-29(1-3-35(31)95(37)41-15-23-5-24(16-41)7-25(6-23)17-41)30-2-4-36-32(12-30)34-22-94-40(14-38(34)96(36)42-18-26-8-27(19-42)10-28(9-26)20-42)44(61,62)46(65,66)48(69,70)50(73,74)52(77,78)54(81,82)56(85,86)58(90,91)92/h1-4,11-14,21-28H,5-10,15-20H2. The molecular formula is C58H40F34N4. The van der Waals surface area contributed by atoms with Crippen molar-refractivity contribution in [2.75, 3.05) is 0 Å². The molecular weight excluding hydrogens is 1400 g/mol. The first-order valence-electron chi connectivity index (χ1n) is 28.7. The monoisotopic (exact) mass is 1440 g/mol. The highest BCUT2D eigenvalue weighted by Gasteiger charge is 2.97. The lowest BCUT2D eigenvalue weighted by Crippen LogP contribution is -2.74. The van der Waals surface area contributed by atoms with E-state index in [0.717, 1.165) is 0 Å². The van der Waals surface area contributed by atoms with Crippen LogP contribution in [-0.4, -0.2) is 103 Å². The summed E-state index contributed by atoms with van der Waals surface area (Å²) in [4.78, 5) is 6.10. The van der Waals surface area contributed by atoms with Gasteiger partial charge in [-0.05, 0) is 160 Å². The largest absolute Gasteiger partial charge is 0.460 e. The van der Waals surface area contributed by atoms with Crippen molar-refractivity contribution >= 4 is 43.6 Å². The Kier molecular flexibility index (Phi) is 14.5. The fourth-order valence-corrected chi connectivity index (χ4v) is 16.9. The van der Waals surface area contributed by atoms with E-state index in [-0.39, 0.29) is 131 Å². The van der Waals surface area contributed by atoms with Gasteiger partial charge in [0.15, 0.2) is 0 Å². The fraction of sp³-hybridized carbons (Fsp3) is 0.621. The lowest BCUT2D eigenvalue weighted by molar-refractivity contribution is -0.462. The second-order valence-electron chi connectivity index (χ2n) is 26.6. The first kappa shape index (κ1) is 69.8. The average molecular weight is 1440 g/mol. The molecule has 4 aromatic heterocycles. The first-order valence-corrected chi connectivity index (χ1v) is 28.7. The van der Waals surface area contributed by atoms with Gasteiger partial charge in [-0.2, -0.15) is 149 Å². The fourth-order valence-electron chi connectivity index (χ4n) is 16.9. The smallest absolute Gasteiger partial charge is 0.334 e. The van der Waals surface area contributed by atoms with E-state index in [1.165, 1.54) is 45.5 Å². The number of fused-ring (bicyclic) bond motifs is 6. The van der Waals surface area contributed by atoms with Crippen LogP contribution in [0.25, 0.3) is 54.7 Å². The summed E-state index contributed by atoms with van der Waals surface area (Å²) in [6.07, 6.45) is -10.7. The molecule has 8 bridgehead atoms. The molecule has 4 nitrogen and oxygen atoms in total. The Morgan fingerprint density at radius 1 is 0.271 bits per heavy atom. The molecule has 14 rings (SSSR count). The molecule has 0 aliphatic heterocycles. The molecule has 96 heavy (non-hydrogen) atoms. The summed E-state index contributed by atoms with van der Waals surface area (Å²) in [5, 5.41) is -1.03. The molecule has 8 fully saturated rings. The van der Waals surface area contributed by atoms with Crippen LogP contribution in [0.5, 0.6) is 0 Å². The molecule has 8 aliphatic carbocycles. The number of benzene rings is 2. The number of aromatic nitrogens is 4. The molecule has 6 aromatic rings. The summed E-state index contributed by atoms with van der Waals surface area (Å²) >= 11 is 0. The van der Waals surface area contributed by atoms with Crippen LogP contribution in [0.3, 0.4) is 0 Å². The lowest BCUT2D eigenvalue weighted by Gasteiger charge is -2.57. The normalized spacial score (nSPS) is 26.4. The average Bonchev–Trinajstić information content (AvgIpc) is 1.15. The number of pyridine rings is 2. The molecule has 8 saturated carbocycles. The molecule has 4 heterocycles. The highest BCUT2D eigenvalue weighted by Crippen LogP contribution is 2.69. The predicted octanol–water partition coefficient (Wildman–Crippen LogP) is 21.1. The van der Waals surface area contributed by atoms with Gasteiger partial charge in [0.2, 0.25) is 0 Å². The number of hydrogen-bond donors (Lipinski definition) is 0. The second-order valence-corrected chi connectivity index (χ2v) is 26.6. The minimum absolute atomic E-state index is 0.00407. The number of alkyl halides is 34. The minimum atomic E-state index is -8.91. The Morgan fingerprint density at radius 3 is 0.740 bits per heavy atom. The van der Waals surface area contributed by atoms with Crippen LogP contribution in [0.4, 0.5) is 149 Å². The number of hydrogen-bond acceptors (Lipinski definition) is 2.